The molecule has 0 unspecified atom stereocenters. The molecule has 0 radical (unpaired) electrons. The van der Waals surface area contributed by atoms with E-state index in [1.807, 2.05) is 30.3 Å². The summed E-state index contributed by atoms with van der Waals surface area (Å²) in [5.41, 5.74) is 0.867. The number of carbonyl (C=O) groups is 1. The number of nitro benzene ring substituents is 1. The zero-order valence-corrected chi connectivity index (χ0v) is 13.7. The second-order valence-electron chi connectivity index (χ2n) is 5.24. The lowest BCUT2D eigenvalue weighted by Crippen LogP contribution is -2.34. The molecule has 7 heteroatoms. The number of thiocarbonyl (C=S) groups is 1. The lowest BCUT2D eigenvalue weighted by Gasteiger charge is -2.11. The van der Waals surface area contributed by atoms with Crippen molar-refractivity contribution in [2.45, 2.75) is 0 Å². The summed E-state index contributed by atoms with van der Waals surface area (Å²) in [6.45, 7) is 0. The van der Waals surface area contributed by atoms with Crippen molar-refractivity contribution in [3.05, 3.63) is 82.4 Å². The van der Waals surface area contributed by atoms with Crippen LogP contribution in [0.4, 0.5) is 11.4 Å². The van der Waals surface area contributed by atoms with Gasteiger partial charge in [-0.2, -0.15) is 0 Å². The Morgan fingerprint density at radius 1 is 1.00 bits per heavy atom. The fourth-order valence-electron chi connectivity index (χ4n) is 2.45. The van der Waals surface area contributed by atoms with Crippen molar-refractivity contribution in [1.82, 2.24) is 5.32 Å². The molecule has 2 N–H and O–H groups in total. The molecule has 0 aromatic heterocycles. The number of fused-ring (bicyclic) bond motifs is 1. The molecule has 0 aliphatic heterocycles. The van der Waals surface area contributed by atoms with Gasteiger partial charge in [0.2, 0.25) is 0 Å². The summed E-state index contributed by atoms with van der Waals surface area (Å²) in [5, 5.41) is 18.0. The minimum Gasteiger partial charge on any atom is -0.332 e. The lowest BCUT2D eigenvalue weighted by molar-refractivity contribution is -0.384. The van der Waals surface area contributed by atoms with E-state index in [0.29, 0.717) is 11.3 Å². The van der Waals surface area contributed by atoms with Crippen LogP contribution >= 0.6 is 12.2 Å². The van der Waals surface area contributed by atoms with Crippen LogP contribution in [0.5, 0.6) is 0 Å². The molecule has 0 saturated carbocycles. The van der Waals surface area contributed by atoms with Gasteiger partial charge in [0, 0.05) is 23.4 Å². The molecular weight excluding hydrogens is 338 g/mol. The minimum absolute atomic E-state index is 0.0619. The number of nitrogens with one attached hydrogen (secondary N) is 2. The van der Waals surface area contributed by atoms with Crippen LogP contribution in [0.2, 0.25) is 0 Å². The van der Waals surface area contributed by atoms with Gasteiger partial charge >= 0.3 is 0 Å². The monoisotopic (exact) mass is 351 g/mol. The van der Waals surface area contributed by atoms with Gasteiger partial charge in [0.05, 0.1) is 4.92 Å². The summed E-state index contributed by atoms with van der Waals surface area (Å²) in [6.07, 6.45) is 0. The Hall–Kier alpha value is -3.32. The second kappa shape index (κ2) is 7.06. The standard InChI is InChI=1S/C18H13N3O3S/c22-17(16-10-3-6-12-5-1-2-9-15(12)16)20-18(25)19-13-7-4-8-14(11-13)21(23)24/h1-11H,(H2,19,20,22,25). The predicted octanol–water partition coefficient (Wildman–Crippen LogP) is 3.87. The number of amides is 1. The van der Waals surface area contributed by atoms with Crippen LogP contribution < -0.4 is 10.6 Å². The second-order valence-corrected chi connectivity index (χ2v) is 5.65. The maximum absolute atomic E-state index is 12.5. The normalized spacial score (nSPS) is 10.2. The SMILES string of the molecule is O=C(NC(=S)Nc1cccc([N+](=O)[O-])c1)c1cccc2ccccc12. The van der Waals surface area contributed by atoms with Crippen molar-refractivity contribution >= 4 is 45.4 Å². The Balaban J connectivity index is 1.75. The molecular formula is C18H13N3O3S. The first-order valence-electron chi connectivity index (χ1n) is 7.39. The first kappa shape index (κ1) is 16.5. The van der Waals surface area contributed by atoms with Crippen LogP contribution in [0.1, 0.15) is 10.4 Å². The molecule has 0 bridgehead atoms. The highest BCUT2D eigenvalue weighted by molar-refractivity contribution is 7.80. The van der Waals surface area contributed by atoms with Crippen molar-refractivity contribution in [1.29, 1.82) is 0 Å². The summed E-state index contributed by atoms with van der Waals surface area (Å²) in [7, 11) is 0. The third-order valence-electron chi connectivity index (χ3n) is 3.58. The Labute approximate surface area is 148 Å². The average molecular weight is 351 g/mol. The Morgan fingerprint density at radius 3 is 2.52 bits per heavy atom. The first-order chi connectivity index (χ1) is 12.0. The molecule has 0 fully saturated rings. The maximum atomic E-state index is 12.5. The Bertz CT molecular complexity index is 983. The van der Waals surface area contributed by atoms with Gasteiger partial charge < -0.3 is 5.32 Å². The Morgan fingerprint density at radius 2 is 1.72 bits per heavy atom. The van der Waals surface area contributed by atoms with Gasteiger partial charge in [-0.25, -0.2) is 0 Å². The first-order valence-corrected chi connectivity index (χ1v) is 7.80. The van der Waals surface area contributed by atoms with E-state index in [4.69, 9.17) is 12.2 Å². The van der Waals surface area contributed by atoms with E-state index in [9.17, 15) is 14.9 Å². The van der Waals surface area contributed by atoms with Crippen LogP contribution in [0.15, 0.2) is 66.7 Å². The van der Waals surface area contributed by atoms with Gasteiger partial charge in [0.25, 0.3) is 11.6 Å². The van der Waals surface area contributed by atoms with Gasteiger partial charge in [-0.15, -0.1) is 0 Å². The lowest BCUT2D eigenvalue weighted by atomic mass is 10.0. The van der Waals surface area contributed by atoms with Crippen molar-refractivity contribution in [2.24, 2.45) is 0 Å². The fraction of sp³-hybridized carbons (Fsp3) is 0. The fourth-order valence-corrected chi connectivity index (χ4v) is 2.66. The molecule has 124 valence electrons. The molecule has 0 heterocycles. The topological polar surface area (TPSA) is 84.3 Å². The van der Waals surface area contributed by atoms with E-state index >= 15 is 0 Å². The van der Waals surface area contributed by atoms with E-state index in [-0.39, 0.29) is 16.7 Å². The summed E-state index contributed by atoms with van der Waals surface area (Å²) in [4.78, 5) is 22.8. The predicted molar refractivity (Wildman–Crippen MR) is 101 cm³/mol. The summed E-state index contributed by atoms with van der Waals surface area (Å²) >= 11 is 5.13. The molecule has 0 saturated heterocycles. The molecule has 3 aromatic rings. The molecule has 1 amide bonds. The van der Waals surface area contributed by atoms with E-state index in [2.05, 4.69) is 10.6 Å². The number of hydrogen-bond acceptors (Lipinski definition) is 4. The molecule has 0 aliphatic carbocycles. The largest absolute Gasteiger partial charge is 0.332 e. The van der Waals surface area contributed by atoms with Crippen molar-refractivity contribution in [2.75, 3.05) is 5.32 Å². The van der Waals surface area contributed by atoms with Crippen LogP contribution in [0.25, 0.3) is 10.8 Å². The highest BCUT2D eigenvalue weighted by Gasteiger charge is 2.12. The molecule has 6 nitrogen and oxygen atoms in total. The molecule has 25 heavy (non-hydrogen) atoms. The Kier molecular flexibility index (Phi) is 4.67. The minimum atomic E-state index is -0.497. The zero-order valence-electron chi connectivity index (χ0n) is 12.9. The molecule has 3 rings (SSSR count). The van der Waals surface area contributed by atoms with Gasteiger partial charge in [0.15, 0.2) is 5.11 Å². The quantitative estimate of drug-likeness (QED) is 0.425. The number of nitro groups is 1. The van der Waals surface area contributed by atoms with Crippen LogP contribution in [0, 0.1) is 10.1 Å². The molecule has 0 spiro atoms. The summed E-state index contributed by atoms with van der Waals surface area (Å²) in [5.74, 6) is -0.347. The van der Waals surface area contributed by atoms with Crippen molar-refractivity contribution in [3.63, 3.8) is 0 Å². The molecule has 0 aliphatic rings. The van der Waals surface area contributed by atoms with E-state index in [1.54, 1.807) is 18.2 Å². The highest BCUT2D eigenvalue weighted by Crippen LogP contribution is 2.19. The number of rotatable bonds is 3. The van der Waals surface area contributed by atoms with Crippen LogP contribution in [-0.4, -0.2) is 15.9 Å². The summed E-state index contributed by atoms with van der Waals surface area (Å²) in [6, 6.07) is 18.9. The smallest absolute Gasteiger partial charge is 0.271 e. The number of anilines is 1. The van der Waals surface area contributed by atoms with E-state index < -0.39 is 4.92 Å². The van der Waals surface area contributed by atoms with Crippen molar-refractivity contribution in [3.8, 4) is 0 Å². The third-order valence-corrected chi connectivity index (χ3v) is 3.78. The summed E-state index contributed by atoms with van der Waals surface area (Å²) < 4.78 is 0. The highest BCUT2D eigenvalue weighted by atomic mass is 32.1. The molecule has 3 aromatic carbocycles. The van der Waals surface area contributed by atoms with E-state index in [0.717, 1.165) is 10.8 Å². The maximum Gasteiger partial charge on any atom is 0.271 e. The number of carbonyl (C=O) groups excluding carboxylic acids is 1. The van der Waals surface area contributed by atoms with Gasteiger partial charge in [0.1, 0.15) is 0 Å². The van der Waals surface area contributed by atoms with Crippen molar-refractivity contribution < 1.29 is 9.72 Å². The third kappa shape index (κ3) is 3.78. The van der Waals surface area contributed by atoms with Crippen LogP contribution in [-0.2, 0) is 0 Å². The van der Waals surface area contributed by atoms with Gasteiger partial charge in [-0.3, -0.25) is 20.2 Å². The average Bonchev–Trinajstić information content (AvgIpc) is 2.61. The number of benzene rings is 3. The number of nitrogens with zero attached hydrogens (tertiary/aromatic N) is 1. The number of hydrogen-bond donors (Lipinski definition) is 2. The molecule has 0 atom stereocenters. The van der Waals surface area contributed by atoms with Gasteiger partial charge in [-0.1, -0.05) is 42.5 Å². The zero-order chi connectivity index (χ0) is 17.8. The number of non-ortho nitro benzene ring substituents is 1. The van der Waals surface area contributed by atoms with Crippen LogP contribution in [0.3, 0.4) is 0 Å². The van der Waals surface area contributed by atoms with Gasteiger partial charge in [-0.05, 0) is 35.1 Å². The van der Waals surface area contributed by atoms with E-state index in [1.165, 1.54) is 18.2 Å².